The fourth-order valence-corrected chi connectivity index (χ4v) is 2.84. The van der Waals surface area contributed by atoms with Crippen LogP contribution in [-0.4, -0.2) is 46.1 Å². The van der Waals surface area contributed by atoms with Crippen molar-refractivity contribution < 1.29 is 9.45 Å². The van der Waals surface area contributed by atoms with Gasteiger partial charge in [-0.2, -0.15) is 0 Å². The normalized spacial score (nSPS) is 15.8. The Balaban J connectivity index is 1.66. The summed E-state index contributed by atoms with van der Waals surface area (Å²) in [4.78, 5) is 19.2. The number of rotatable bonds is 4. The smallest absolute Gasteiger partial charge is 0.311 e. The molecule has 122 valence electrons. The number of hydrogen-bond donors (Lipinski definition) is 0. The Hall–Kier alpha value is -2.48. The monoisotopic (exact) mass is 317 g/mol. The minimum Gasteiger partial charge on any atom is -0.361 e. The van der Waals surface area contributed by atoms with Crippen LogP contribution in [0.5, 0.6) is 0 Å². The lowest BCUT2D eigenvalue weighted by atomic mass is 10.1. The maximum atomic E-state index is 11.1. The highest BCUT2D eigenvalue weighted by molar-refractivity contribution is 5.57. The number of hydrogen-bond acceptors (Lipinski definition) is 7. The fraction of sp³-hybridized carbons (Fsp3) is 0.467. The quantitative estimate of drug-likeness (QED) is 0.628. The molecule has 0 spiro atoms. The molecule has 0 saturated carbocycles. The zero-order valence-electron chi connectivity index (χ0n) is 13.2. The summed E-state index contributed by atoms with van der Waals surface area (Å²) in [6, 6.07) is 3.09. The first-order valence-corrected chi connectivity index (χ1v) is 7.54. The van der Waals surface area contributed by atoms with Crippen molar-refractivity contribution in [1.82, 2.24) is 15.0 Å². The lowest BCUT2D eigenvalue weighted by Gasteiger charge is -2.34. The first-order valence-electron chi connectivity index (χ1n) is 7.54. The predicted octanol–water partition coefficient (Wildman–Crippen LogP) is 1.92. The van der Waals surface area contributed by atoms with E-state index in [-0.39, 0.29) is 10.6 Å². The molecule has 3 rings (SSSR count). The number of pyridine rings is 1. The summed E-state index contributed by atoms with van der Waals surface area (Å²) >= 11 is 0. The molecule has 0 aliphatic carbocycles. The minimum absolute atomic E-state index is 0.0617. The zero-order chi connectivity index (χ0) is 16.4. The van der Waals surface area contributed by atoms with Gasteiger partial charge in [0.25, 0.3) is 0 Å². The van der Waals surface area contributed by atoms with Gasteiger partial charge in [-0.1, -0.05) is 5.16 Å². The van der Waals surface area contributed by atoms with Crippen molar-refractivity contribution in [2.45, 2.75) is 20.4 Å². The first-order chi connectivity index (χ1) is 11.1. The van der Waals surface area contributed by atoms with E-state index in [2.05, 4.69) is 15.0 Å². The second kappa shape index (κ2) is 6.33. The molecule has 0 bridgehead atoms. The van der Waals surface area contributed by atoms with Crippen LogP contribution in [0.2, 0.25) is 0 Å². The van der Waals surface area contributed by atoms with Crippen molar-refractivity contribution in [3.63, 3.8) is 0 Å². The molecule has 2 aromatic rings. The van der Waals surface area contributed by atoms with Crippen molar-refractivity contribution in [2.75, 3.05) is 31.1 Å². The molecule has 2 aromatic heterocycles. The van der Waals surface area contributed by atoms with Crippen molar-refractivity contribution in [3.05, 3.63) is 45.5 Å². The lowest BCUT2D eigenvalue weighted by molar-refractivity contribution is -0.384. The molecule has 0 atom stereocenters. The van der Waals surface area contributed by atoms with Gasteiger partial charge in [0.15, 0.2) is 0 Å². The maximum absolute atomic E-state index is 11.1. The first kappa shape index (κ1) is 15.4. The lowest BCUT2D eigenvalue weighted by Crippen LogP contribution is -2.46. The Kier molecular flexibility index (Phi) is 4.24. The fourth-order valence-electron chi connectivity index (χ4n) is 2.84. The molecule has 1 aliphatic rings. The van der Waals surface area contributed by atoms with Crippen LogP contribution < -0.4 is 4.90 Å². The number of nitrogens with zero attached hydrogens (tertiary/aromatic N) is 5. The molecule has 0 N–H and O–H groups in total. The van der Waals surface area contributed by atoms with Gasteiger partial charge < -0.3 is 9.42 Å². The zero-order valence-corrected chi connectivity index (χ0v) is 13.2. The van der Waals surface area contributed by atoms with Crippen LogP contribution in [0.15, 0.2) is 22.9 Å². The molecule has 8 heteroatoms. The molecule has 0 unspecified atom stereocenters. The van der Waals surface area contributed by atoms with Gasteiger partial charge in [0.2, 0.25) is 5.82 Å². The van der Waals surface area contributed by atoms with Gasteiger partial charge in [0, 0.05) is 50.6 Å². The van der Waals surface area contributed by atoms with Crippen LogP contribution in [0.25, 0.3) is 0 Å². The maximum Gasteiger partial charge on any atom is 0.311 e. The summed E-state index contributed by atoms with van der Waals surface area (Å²) in [6.07, 6.45) is 1.60. The highest BCUT2D eigenvalue weighted by Gasteiger charge is 2.25. The second-order valence-corrected chi connectivity index (χ2v) is 5.67. The molecule has 1 aliphatic heterocycles. The van der Waals surface area contributed by atoms with Gasteiger partial charge in [-0.25, -0.2) is 4.98 Å². The average molecular weight is 317 g/mol. The topological polar surface area (TPSA) is 88.5 Å². The molecule has 1 saturated heterocycles. The summed E-state index contributed by atoms with van der Waals surface area (Å²) in [5.74, 6) is 1.31. The van der Waals surface area contributed by atoms with E-state index in [1.165, 1.54) is 6.07 Å². The summed E-state index contributed by atoms with van der Waals surface area (Å²) in [5, 5.41) is 15.1. The van der Waals surface area contributed by atoms with Crippen LogP contribution in [0, 0.1) is 24.0 Å². The van der Waals surface area contributed by atoms with Crippen LogP contribution in [0.4, 0.5) is 11.5 Å². The van der Waals surface area contributed by atoms with Crippen molar-refractivity contribution in [1.29, 1.82) is 0 Å². The van der Waals surface area contributed by atoms with Gasteiger partial charge in [-0.15, -0.1) is 0 Å². The molecule has 0 amide bonds. The second-order valence-electron chi connectivity index (χ2n) is 5.67. The molecule has 1 fully saturated rings. The van der Waals surface area contributed by atoms with Gasteiger partial charge in [0.1, 0.15) is 5.76 Å². The Morgan fingerprint density at radius 1 is 1.30 bits per heavy atom. The average Bonchev–Trinajstić information content (AvgIpc) is 2.87. The highest BCUT2D eigenvalue weighted by atomic mass is 16.6. The standard InChI is InChI=1S/C15H19N5O3/c1-11-13(12(2)23-17-11)10-18-6-8-19(9-7-18)15-14(20(21)22)4-3-5-16-15/h3-5H,6-10H2,1-2H3. The van der Waals surface area contributed by atoms with E-state index < -0.39 is 0 Å². The SMILES string of the molecule is Cc1noc(C)c1CN1CCN(c2ncccc2[N+](=O)[O-])CC1. The molecule has 8 nitrogen and oxygen atoms in total. The summed E-state index contributed by atoms with van der Waals surface area (Å²) < 4.78 is 5.20. The van der Waals surface area contributed by atoms with Crippen molar-refractivity contribution in [2.24, 2.45) is 0 Å². The number of nitro groups is 1. The predicted molar refractivity (Wildman–Crippen MR) is 84.4 cm³/mol. The highest BCUT2D eigenvalue weighted by Crippen LogP contribution is 2.26. The third-order valence-corrected chi connectivity index (χ3v) is 4.20. The minimum atomic E-state index is -0.376. The Labute approximate surface area is 133 Å². The summed E-state index contributed by atoms with van der Waals surface area (Å²) in [5.41, 5.74) is 2.11. The van der Waals surface area contributed by atoms with Gasteiger partial charge in [-0.05, 0) is 19.9 Å². The van der Waals surface area contributed by atoms with Gasteiger partial charge >= 0.3 is 5.69 Å². The molecular weight excluding hydrogens is 298 g/mol. The molecule has 23 heavy (non-hydrogen) atoms. The van der Waals surface area contributed by atoms with Crippen LogP contribution in [-0.2, 0) is 6.54 Å². The Bertz CT molecular complexity index is 687. The van der Waals surface area contributed by atoms with Crippen LogP contribution in [0.3, 0.4) is 0 Å². The Morgan fingerprint density at radius 2 is 2.04 bits per heavy atom. The van der Waals surface area contributed by atoms with E-state index in [1.807, 2.05) is 18.7 Å². The van der Waals surface area contributed by atoms with E-state index in [0.717, 1.165) is 36.7 Å². The van der Waals surface area contributed by atoms with E-state index >= 15 is 0 Å². The van der Waals surface area contributed by atoms with Crippen LogP contribution in [0.1, 0.15) is 17.0 Å². The largest absolute Gasteiger partial charge is 0.361 e. The third kappa shape index (κ3) is 3.16. The molecular formula is C15H19N5O3. The van der Waals surface area contributed by atoms with Crippen molar-refractivity contribution in [3.8, 4) is 0 Å². The molecule has 0 radical (unpaired) electrons. The van der Waals surface area contributed by atoms with Gasteiger partial charge in [-0.3, -0.25) is 15.0 Å². The molecule has 3 heterocycles. The van der Waals surface area contributed by atoms with E-state index in [4.69, 9.17) is 4.52 Å². The number of aryl methyl sites for hydroxylation is 2. The third-order valence-electron chi connectivity index (χ3n) is 4.20. The summed E-state index contributed by atoms with van der Waals surface area (Å²) in [6.45, 7) is 7.71. The van der Waals surface area contributed by atoms with Crippen molar-refractivity contribution >= 4 is 11.5 Å². The Morgan fingerprint density at radius 3 is 2.65 bits per heavy atom. The van der Waals surface area contributed by atoms with E-state index in [1.54, 1.807) is 12.3 Å². The van der Waals surface area contributed by atoms with E-state index in [0.29, 0.717) is 18.9 Å². The van der Waals surface area contributed by atoms with E-state index in [9.17, 15) is 10.1 Å². The van der Waals surface area contributed by atoms with Gasteiger partial charge in [0.05, 0.1) is 10.6 Å². The summed E-state index contributed by atoms with van der Waals surface area (Å²) in [7, 11) is 0. The number of aromatic nitrogens is 2. The molecule has 0 aromatic carbocycles. The number of anilines is 1. The van der Waals surface area contributed by atoms with Crippen LogP contribution >= 0.6 is 0 Å². The number of piperazine rings is 1.